The highest BCUT2D eigenvalue weighted by atomic mass is 19.4. The molecule has 180 valence electrons. The number of carbonyl (C=O) groups is 1. The SMILES string of the molecule is C[C@@H]1CCCN(C(=O)c2c(-n3nccn3)ccc(F)c2F)[C@@H]1CCc1ncc(C(F)(F)F)cn1. The zero-order valence-electron chi connectivity index (χ0n) is 18.1. The van der Waals surface area contributed by atoms with Crippen LogP contribution in [-0.2, 0) is 12.6 Å². The summed E-state index contributed by atoms with van der Waals surface area (Å²) in [6.45, 7) is 2.26. The normalized spacial score (nSPS) is 18.8. The fourth-order valence-electron chi connectivity index (χ4n) is 4.24. The molecule has 7 nitrogen and oxygen atoms in total. The molecule has 12 heteroatoms. The highest BCUT2D eigenvalue weighted by molar-refractivity contribution is 5.98. The minimum absolute atomic E-state index is 0.0111. The molecular weight excluding hydrogens is 459 g/mol. The minimum atomic E-state index is -4.53. The van der Waals surface area contributed by atoms with Crippen molar-refractivity contribution < 1.29 is 26.7 Å². The van der Waals surface area contributed by atoms with Crippen molar-refractivity contribution in [2.75, 3.05) is 6.54 Å². The van der Waals surface area contributed by atoms with Gasteiger partial charge in [0.15, 0.2) is 11.6 Å². The monoisotopic (exact) mass is 480 g/mol. The summed E-state index contributed by atoms with van der Waals surface area (Å²) >= 11 is 0. The van der Waals surface area contributed by atoms with E-state index in [1.165, 1.54) is 23.4 Å². The Hall–Kier alpha value is -3.44. The second-order valence-corrected chi connectivity index (χ2v) is 8.18. The van der Waals surface area contributed by atoms with Crippen molar-refractivity contribution in [1.29, 1.82) is 0 Å². The number of hydrogen-bond acceptors (Lipinski definition) is 5. The van der Waals surface area contributed by atoms with E-state index in [9.17, 15) is 26.7 Å². The highest BCUT2D eigenvalue weighted by Gasteiger charge is 2.36. The quantitative estimate of drug-likeness (QED) is 0.511. The van der Waals surface area contributed by atoms with E-state index in [4.69, 9.17) is 0 Å². The Morgan fingerprint density at radius 2 is 1.79 bits per heavy atom. The van der Waals surface area contributed by atoms with E-state index in [1.54, 1.807) is 0 Å². The predicted octanol–water partition coefficient (Wildman–Crippen LogP) is 4.23. The maximum Gasteiger partial charge on any atom is 0.419 e. The van der Waals surface area contributed by atoms with Crippen LogP contribution in [0.5, 0.6) is 0 Å². The van der Waals surface area contributed by atoms with E-state index >= 15 is 0 Å². The van der Waals surface area contributed by atoms with Crippen LogP contribution in [0.15, 0.2) is 36.9 Å². The number of hydrogen-bond donors (Lipinski definition) is 0. The zero-order valence-corrected chi connectivity index (χ0v) is 18.1. The number of piperidine rings is 1. The van der Waals surface area contributed by atoms with Crippen LogP contribution in [0, 0.1) is 17.6 Å². The largest absolute Gasteiger partial charge is 0.419 e. The number of aryl methyl sites for hydroxylation is 1. The second-order valence-electron chi connectivity index (χ2n) is 8.18. The van der Waals surface area contributed by atoms with Crippen LogP contribution in [0.1, 0.15) is 47.9 Å². The molecule has 0 N–H and O–H groups in total. The number of benzene rings is 1. The standard InChI is InChI=1S/C22H21F5N6O/c1-13-3-2-10-32(16(13)6-7-18-28-11-14(12-29-18)22(25,26)27)21(34)19-17(33-30-8-9-31-33)5-4-15(23)20(19)24/h4-5,8-9,11-13,16H,2-3,6-7,10H2,1H3/t13-,16-/m1/s1. The van der Waals surface area contributed by atoms with E-state index in [0.717, 1.165) is 29.7 Å². The second kappa shape index (κ2) is 9.43. The molecule has 1 fully saturated rings. The lowest BCUT2D eigenvalue weighted by Crippen LogP contribution is -2.48. The number of amides is 1. The van der Waals surface area contributed by atoms with Crippen LogP contribution in [0.3, 0.4) is 0 Å². The number of halogens is 5. The molecule has 3 aromatic rings. The molecule has 1 aromatic carbocycles. The number of nitrogens with zero attached hydrogens (tertiary/aromatic N) is 6. The first-order valence-electron chi connectivity index (χ1n) is 10.7. The third kappa shape index (κ3) is 4.75. The van der Waals surface area contributed by atoms with Gasteiger partial charge in [0.2, 0.25) is 0 Å². The minimum Gasteiger partial charge on any atom is -0.335 e. The van der Waals surface area contributed by atoms with Gasteiger partial charge in [-0.3, -0.25) is 4.79 Å². The van der Waals surface area contributed by atoms with E-state index < -0.39 is 34.8 Å². The third-order valence-electron chi connectivity index (χ3n) is 5.99. The number of carbonyl (C=O) groups excluding carboxylic acids is 1. The van der Waals surface area contributed by atoms with E-state index in [0.29, 0.717) is 19.4 Å². The molecule has 3 heterocycles. The van der Waals surface area contributed by atoms with Gasteiger partial charge in [0.05, 0.1) is 18.0 Å². The van der Waals surface area contributed by atoms with Gasteiger partial charge in [-0.1, -0.05) is 6.92 Å². The van der Waals surface area contributed by atoms with Gasteiger partial charge >= 0.3 is 6.18 Å². The van der Waals surface area contributed by atoms with E-state index in [-0.39, 0.29) is 29.9 Å². The van der Waals surface area contributed by atoms with Crippen LogP contribution < -0.4 is 0 Å². The molecule has 0 aliphatic carbocycles. The third-order valence-corrected chi connectivity index (χ3v) is 5.99. The van der Waals surface area contributed by atoms with E-state index in [1.807, 2.05) is 6.92 Å². The molecular formula is C22H21F5N6O. The van der Waals surface area contributed by atoms with E-state index in [2.05, 4.69) is 20.2 Å². The van der Waals surface area contributed by atoms with Gasteiger partial charge in [0, 0.05) is 31.4 Å². The van der Waals surface area contributed by atoms with Crippen molar-refractivity contribution in [2.24, 2.45) is 5.92 Å². The Bertz CT molecular complexity index is 1150. The Kier molecular flexibility index (Phi) is 6.58. The van der Waals surface area contributed by atoms with Gasteiger partial charge in [0.25, 0.3) is 5.91 Å². The lowest BCUT2D eigenvalue weighted by atomic mass is 9.87. The van der Waals surface area contributed by atoms with Gasteiger partial charge in [0.1, 0.15) is 17.1 Å². The molecule has 1 aliphatic rings. The Morgan fingerprint density at radius 1 is 1.12 bits per heavy atom. The smallest absolute Gasteiger partial charge is 0.335 e. The van der Waals surface area contributed by atoms with Crippen LogP contribution in [-0.4, -0.2) is 48.4 Å². The molecule has 0 bridgehead atoms. The molecule has 0 unspecified atom stereocenters. The molecule has 0 radical (unpaired) electrons. The lowest BCUT2D eigenvalue weighted by Gasteiger charge is -2.40. The maximum absolute atomic E-state index is 14.9. The Labute approximate surface area is 191 Å². The summed E-state index contributed by atoms with van der Waals surface area (Å²) in [4.78, 5) is 23.6. The predicted molar refractivity (Wildman–Crippen MR) is 110 cm³/mol. The fraction of sp³-hybridized carbons (Fsp3) is 0.409. The summed E-state index contributed by atoms with van der Waals surface area (Å²) in [5, 5.41) is 7.86. The summed E-state index contributed by atoms with van der Waals surface area (Å²) in [5.74, 6) is -2.93. The van der Waals surface area contributed by atoms with Crippen molar-refractivity contribution in [3.05, 3.63) is 65.5 Å². The van der Waals surface area contributed by atoms with Gasteiger partial charge < -0.3 is 4.90 Å². The lowest BCUT2D eigenvalue weighted by molar-refractivity contribution is -0.138. The average Bonchev–Trinajstić information content (AvgIpc) is 3.34. The molecule has 1 saturated heterocycles. The molecule has 0 spiro atoms. The number of rotatable bonds is 5. The zero-order chi connectivity index (χ0) is 24.5. The Morgan fingerprint density at radius 3 is 2.44 bits per heavy atom. The molecule has 2 atom stereocenters. The van der Waals surface area contributed by atoms with Crippen molar-refractivity contribution in [3.63, 3.8) is 0 Å². The van der Waals surface area contributed by atoms with Crippen LogP contribution in [0.2, 0.25) is 0 Å². The van der Waals surface area contributed by atoms with Crippen molar-refractivity contribution >= 4 is 5.91 Å². The molecule has 0 saturated carbocycles. The molecule has 4 rings (SSSR count). The van der Waals surface area contributed by atoms with Crippen molar-refractivity contribution in [3.8, 4) is 5.69 Å². The van der Waals surface area contributed by atoms with Crippen LogP contribution >= 0.6 is 0 Å². The molecule has 34 heavy (non-hydrogen) atoms. The van der Waals surface area contributed by atoms with Gasteiger partial charge in [-0.05, 0) is 37.3 Å². The molecule has 2 aromatic heterocycles. The highest BCUT2D eigenvalue weighted by Crippen LogP contribution is 2.31. The number of likely N-dealkylation sites (tertiary alicyclic amines) is 1. The first kappa shape index (κ1) is 23.7. The number of aromatic nitrogens is 5. The summed E-state index contributed by atoms with van der Waals surface area (Å²) in [6.07, 6.45) is 1.67. The summed E-state index contributed by atoms with van der Waals surface area (Å²) in [5.41, 5.74) is -1.40. The number of alkyl halides is 3. The van der Waals surface area contributed by atoms with Crippen molar-refractivity contribution in [1.82, 2.24) is 29.9 Å². The topological polar surface area (TPSA) is 76.8 Å². The van der Waals surface area contributed by atoms with Crippen molar-refractivity contribution in [2.45, 2.75) is 44.8 Å². The first-order chi connectivity index (χ1) is 16.2. The van der Waals surface area contributed by atoms with Gasteiger partial charge in [-0.15, -0.1) is 0 Å². The van der Waals surface area contributed by atoms with Gasteiger partial charge in [-0.25, -0.2) is 18.7 Å². The maximum atomic E-state index is 14.9. The molecule has 1 amide bonds. The first-order valence-corrected chi connectivity index (χ1v) is 10.7. The fourth-order valence-corrected chi connectivity index (χ4v) is 4.24. The molecule has 1 aliphatic heterocycles. The summed E-state index contributed by atoms with van der Waals surface area (Å²) in [6, 6.07) is 1.78. The van der Waals surface area contributed by atoms with Crippen LogP contribution in [0.4, 0.5) is 22.0 Å². The van der Waals surface area contributed by atoms with Crippen LogP contribution in [0.25, 0.3) is 5.69 Å². The van der Waals surface area contributed by atoms with Gasteiger partial charge in [-0.2, -0.15) is 28.2 Å². The summed E-state index contributed by atoms with van der Waals surface area (Å²) in [7, 11) is 0. The Balaban J connectivity index is 1.59. The average molecular weight is 480 g/mol. The summed E-state index contributed by atoms with van der Waals surface area (Å²) < 4.78 is 67.2.